The lowest BCUT2D eigenvalue weighted by Crippen LogP contribution is -2.45. The summed E-state index contributed by atoms with van der Waals surface area (Å²) in [5, 5.41) is 9.75. The van der Waals surface area contributed by atoms with Gasteiger partial charge in [0, 0.05) is 50.7 Å². The van der Waals surface area contributed by atoms with E-state index in [0.717, 1.165) is 56.7 Å². The van der Waals surface area contributed by atoms with Crippen LogP contribution < -0.4 is 16.0 Å². The van der Waals surface area contributed by atoms with Crippen LogP contribution in [0.15, 0.2) is 29.3 Å². The van der Waals surface area contributed by atoms with Crippen LogP contribution in [0.2, 0.25) is 0 Å². The normalized spacial score (nSPS) is 19.6. The summed E-state index contributed by atoms with van der Waals surface area (Å²) in [6, 6.07) is 7.88. The summed E-state index contributed by atoms with van der Waals surface area (Å²) in [6.45, 7) is 5.01. The number of nitrogens with zero attached hydrogens (tertiary/aromatic N) is 2. The number of hydrogen-bond acceptors (Lipinski definition) is 3. The van der Waals surface area contributed by atoms with E-state index in [1.807, 2.05) is 29.2 Å². The number of carbonyl (C=O) groups is 2. The third-order valence-corrected chi connectivity index (χ3v) is 6.51. The maximum atomic E-state index is 12.8. The summed E-state index contributed by atoms with van der Waals surface area (Å²) in [7, 11) is 1.76. The van der Waals surface area contributed by atoms with Crippen LogP contribution in [0.4, 0.5) is 0 Å². The van der Waals surface area contributed by atoms with E-state index in [1.54, 1.807) is 7.05 Å². The van der Waals surface area contributed by atoms with E-state index < -0.39 is 0 Å². The van der Waals surface area contributed by atoms with Crippen molar-refractivity contribution in [2.45, 2.75) is 70.9 Å². The van der Waals surface area contributed by atoms with Crippen molar-refractivity contribution in [1.29, 1.82) is 0 Å². The number of benzene rings is 1. The molecule has 3 N–H and O–H groups in total. The molecule has 0 aromatic heterocycles. The molecule has 1 heterocycles. The van der Waals surface area contributed by atoms with Crippen LogP contribution in [-0.4, -0.2) is 55.4 Å². The number of rotatable bonds is 8. The molecule has 1 unspecified atom stereocenters. The second-order valence-electron chi connectivity index (χ2n) is 8.98. The van der Waals surface area contributed by atoms with Crippen LogP contribution in [0.3, 0.4) is 0 Å². The van der Waals surface area contributed by atoms with E-state index in [9.17, 15) is 9.59 Å². The van der Waals surface area contributed by atoms with Gasteiger partial charge in [0.1, 0.15) is 0 Å². The minimum atomic E-state index is -0.0241. The molecular formula is C25H39N5O2. The van der Waals surface area contributed by atoms with Gasteiger partial charge in [-0.1, -0.05) is 44.7 Å². The van der Waals surface area contributed by atoms with Gasteiger partial charge in [0.25, 0.3) is 5.91 Å². The van der Waals surface area contributed by atoms with Crippen molar-refractivity contribution in [3.8, 4) is 0 Å². The first-order valence-electron chi connectivity index (χ1n) is 12.2. The Morgan fingerprint density at radius 2 is 1.81 bits per heavy atom. The Morgan fingerprint density at radius 1 is 1.06 bits per heavy atom. The standard InChI is InChI=1S/C25H39N5O2/c1-3-4-15-27-23(31)20-12-10-19(11-13-20)17-28-25(26-2)29-22-14-16-30(18-22)24(32)21-8-6-5-7-9-21/h10-13,21-22H,3-9,14-18H2,1-2H3,(H,27,31)(H2,26,28,29). The van der Waals surface area contributed by atoms with Gasteiger partial charge in [0.05, 0.1) is 0 Å². The third-order valence-electron chi connectivity index (χ3n) is 6.51. The molecule has 1 saturated heterocycles. The molecule has 1 aliphatic carbocycles. The van der Waals surface area contributed by atoms with Crippen LogP contribution in [-0.2, 0) is 11.3 Å². The summed E-state index contributed by atoms with van der Waals surface area (Å²) in [4.78, 5) is 31.3. The van der Waals surface area contributed by atoms with E-state index in [0.29, 0.717) is 24.6 Å². The lowest BCUT2D eigenvalue weighted by molar-refractivity contribution is -0.135. The molecule has 1 atom stereocenters. The number of guanidine groups is 1. The van der Waals surface area contributed by atoms with Crippen molar-refractivity contribution < 1.29 is 9.59 Å². The lowest BCUT2D eigenvalue weighted by Gasteiger charge is -2.26. The first-order chi connectivity index (χ1) is 15.6. The summed E-state index contributed by atoms with van der Waals surface area (Å²) in [5.74, 6) is 1.29. The highest BCUT2D eigenvalue weighted by molar-refractivity contribution is 5.94. The maximum absolute atomic E-state index is 12.8. The Labute approximate surface area is 192 Å². The summed E-state index contributed by atoms with van der Waals surface area (Å²) in [5.41, 5.74) is 1.76. The molecule has 1 saturated carbocycles. The van der Waals surface area contributed by atoms with E-state index in [-0.39, 0.29) is 17.9 Å². The molecule has 2 fully saturated rings. The molecule has 2 aliphatic rings. The number of nitrogens with one attached hydrogen (secondary N) is 3. The fraction of sp³-hybridized carbons (Fsp3) is 0.640. The second kappa shape index (κ2) is 12.5. The van der Waals surface area contributed by atoms with Crippen molar-refractivity contribution in [3.05, 3.63) is 35.4 Å². The molecule has 0 bridgehead atoms. The van der Waals surface area contributed by atoms with E-state index in [2.05, 4.69) is 27.9 Å². The molecule has 32 heavy (non-hydrogen) atoms. The largest absolute Gasteiger partial charge is 0.352 e. The molecule has 1 aliphatic heterocycles. The van der Waals surface area contributed by atoms with Crippen LogP contribution in [0.25, 0.3) is 0 Å². The Hall–Kier alpha value is -2.57. The van der Waals surface area contributed by atoms with Gasteiger partial charge in [-0.05, 0) is 43.4 Å². The zero-order valence-electron chi connectivity index (χ0n) is 19.7. The second-order valence-corrected chi connectivity index (χ2v) is 8.98. The van der Waals surface area contributed by atoms with Crippen molar-refractivity contribution in [1.82, 2.24) is 20.9 Å². The minimum Gasteiger partial charge on any atom is -0.352 e. The number of amides is 2. The quantitative estimate of drug-likeness (QED) is 0.329. The Morgan fingerprint density at radius 3 is 2.50 bits per heavy atom. The first kappa shape index (κ1) is 24.1. The third kappa shape index (κ3) is 6.97. The van der Waals surface area contributed by atoms with Crippen LogP contribution in [0.1, 0.15) is 74.2 Å². The molecule has 2 amide bonds. The molecule has 0 spiro atoms. The van der Waals surface area contributed by atoms with E-state index >= 15 is 0 Å². The molecular weight excluding hydrogens is 402 g/mol. The zero-order valence-corrected chi connectivity index (χ0v) is 19.7. The van der Waals surface area contributed by atoms with Crippen LogP contribution in [0.5, 0.6) is 0 Å². The molecule has 0 radical (unpaired) electrons. The van der Waals surface area contributed by atoms with Crippen LogP contribution in [0, 0.1) is 5.92 Å². The zero-order chi connectivity index (χ0) is 22.8. The van der Waals surface area contributed by atoms with Crippen LogP contribution >= 0.6 is 0 Å². The SMILES string of the molecule is CCCCNC(=O)c1ccc(CNC(=NC)NC2CCN(C(=O)C3CCCCC3)C2)cc1. The highest BCUT2D eigenvalue weighted by atomic mass is 16.2. The van der Waals surface area contributed by atoms with Crippen molar-refractivity contribution in [3.63, 3.8) is 0 Å². The van der Waals surface area contributed by atoms with Gasteiger partial charge in [-0.25, -0.2) is 0 Å². The van der Waals surface area contributed by atoms with Gasteiger partial charge >= 0.3 is 0 Å². The van der Waals surface area contributed by atoms with Crippen molar-refractivity contribution in [2.75, 3.05) is 26.7 Å². The fourth-order valence-corrected chi connectivity index (χ4v) is 4.51. The highest BCUT2D eigenvalue weighted by Gasteiger charge is 2.31. The van der Waals surface area contributed by atoms with Gasteiger partial charge < -0.3 is 20.9 Å². The molecule has 3 rings (SSSR count). The monoisotopic (exact) mass is 441 g/mol. The number of hydrogen-bond donors (Lipinski definition) is 3. The number of unbranched alkanes of at least 4 members (excludes halogenated alkanes) is 1. The molecule has 7 nitrogen and oxygen atoms in total. The Kier molecular flexibility index (Phi) is 9.38. The average Bonchev–Trinajstić information content (AvgIpc) is 3.30. The van der Waals surface area contributed by atoms with Gasteiger partial charge in [0.2, 0.25) is 5.91 Å². The molecule has 7 heteroatoms. The Balaban J connectivity index is 1.42. The van der Waals surface area contributed by atoms with Crippen molar-refractivity contribution in [2.24, 2.45) is 10.9 Å². The predicted molar refractivity (Wildman–Crippen MR) is 129 cm³/mol. The topological polar surface area (TPSA) is 85.8 Å². The summed E-state index contributed by atoms with van der Waals surface area (Å²) in [6.07, 6.45) is 8.75. The minimum absolute atomic E-state index is 0.0241. The molecule has 1 aromatic rings. The van der Waals surface area contributed by atoms with E-state index in [1.165, 1.54) is 19.3 Å². The van der Waals surface area contributed by atoms with Gasteiger partial charge in [0.15, 0.2) is 5.96 Å². The molecule has 176 valence electrons. The molecule has 1 aromatic carbocycles. The van der Waals surface area contributed by atoms with Gasteiger partial charge in [-0.3, -0.25) is 14.6 Å². The number of likely N-dealkylation sites (tertiary alicyclic amines) is 1. The summed E-state index contributed by atoms with van der Waals surface area (Å²) < 4.78 is 0. The van der Waals surface area contributed by atoms with Crippen molar-refractivity contribution >= 4 is 17.8 Å². The fourth-order valence-electron chi connectivity index (χ4n) is 4.51. The highest BCUT2D eigenvalue weighted by Crippen LogP contribution is 2.26. The summed E-state index contributed by atoms with van der Waals surface area (Å²) >= 11 is 0. The van der Waals surface area contributed by atoms with E-state index in [4.69, 9.17) is 0 Å². The smallest absolute Gasteiger partial charge is 0.251 e. The van der Waals surface area contributed by atoms with Gasteiger partial charge in [-0.15, -0.1) is 0 Å². The first-order valence-corrected chi connectivity index (χ1v) is 12.2. The predicted octanol–water partition coefficient (Wildman–Crippen LogP) is 3.06. The Bertz CT molecular complexity index is 771. The maximum Gasteiger partial charge on any atom is 0.251 e. The average molecular weight is 442 g/mol. The lowest BCUT2D eigenvalue weighted by atomic mass is 9.88. The number of aliphatic imine (C=N–C) groups is 1. The van der Waals surface area contributed by atoms with Gasteiger partial charge in [-0.2, -0.15) is 0 Å². The number of carbonyl (C=O) groups excluding carboxylic acids is 2.